The molecule has 30 heavy (non-hydrogen) atoms. The summed E-state index contributed by atoms with van der Waals surface area (Å²) < 4.78 is 11.3. The summed E-state index contributed by atoms with van der Waals surface area (Å²) >= 11 is 0. The molecule has 0 aliphatic carbocycles. The van der Waals surface area contributed by atoms with Gasteiger partial charge in [0.15, 0.2) is 0 Å². The molecule has 0 saturated heterocycles. The number of aromatic nitrogens is 1. The van der Waals surface area contributed by atoms with E-state index in [1.807, 2.05) is 12.1 Å². The van der Waals surface area contributed by atoms with Gasteiger partial charge >= 0.3 is 6.03 Å². The highest BCUT2D eigenvalue weighted by atomic mass is 16.5. The smallest absolute Gasteiger partial charge is 0.323 e. The van der Waals surface area contributed by atoms with Gasteiger partial charge in [0, 0.05) is 43.2 Å². The zero-order valence-electron chi connectivity index (χ0n) is 16.3. The highest BCUT2D eigenvalue weighted by Crippen LogP contribution is 2.28. The molecule has 152 valence electrons. The Morgan fingerprint density at radius 2 is 1.80 bits per heavy atom. The van der Waals surface area contributed by atoms with Crippen molar-refractivity contribution in [2.75, 3.05) is 24.3 Å². The van der Waals surface area contributed by atoms with Gasteiger partial charge in [0.05, 0.1) is 6.61 Å². The number of hydrogen-bond acceptors (Lipinski definition) is 5. The van der Waals surface area contributed by atoms with Crippen molar-refractivity contribution in [3.05, 3.63) is 72.1 Å². The fourth-order valence-corrected chi connectivity index (χ4v) is 3.06. The van der Waals surface area contributed by atoms with E-state index in [-0.39, 0.29) is 17.6 Å². The molecule has 8 nitrogen and oxygen atoms in total. The largest absolute Gasteiger partial charge is 0.493 e. The molecule has 3 amide bonds. The third-order valence-corrected chi connectivity index (χ3v) is 4.47. The average Bonchev–Trinajstić information content (AvgIpc) is 3.21. The predicted octanol–water partition coefficient (Wildman–Crippen LogP) is 3.81. The van der Waals surface area contributed by atoms with Gasteiger partial charge in [-0.3, -0.25) is 9.78 Å². The SMILES string of the molecule is CNC(=O)c1cc(Oc2cccc(NC(=O)Nc3ccc4c(c3)CCO4)c2)ccn1. The molecule has 3 aromatic rings. The Morgan fingerprint density at radius 3 is 2.63 bits per heavy atom. The molecule has 0 saturated carbocycles. The van der Waals surface area contributed by atoms with E-state index in [2.05, 4.69) is 20.9 Å². The second-order valence-electron chi connectivity index (χ2n) is 6.59. The molecule has 0 fully saturated rings. The lowest BCUT2D eigenvalue weighted by Gasteiger charge is -2.11. The number of rotatable bonds is 5. The van der Waals surface area contributed by atoms with Crippen LogP contribution in [0.1, 0.15) is 16.1 Å². The van der Waals surface area contributed by atoms with Crippen LogP contribution in [0.15, 0.2) is 60.8 Å². The first-order chi connectivity index (χ1) is 14.6. The first kappa shape index (κ1) is 19.3. The van der Waals surface area contributed by atoms with Crippen LogP contribution >= 0.6 is 0 Å². The lowest BCUT2D eigenvalue weighted by Crippen LogP contribution is -2.19. The van der Waals surface area contributed by atoms with E-state index in [1.165, 1.54) is 13.2 Å². The third-order valence-electron chi connectivity index (χ3n) is 4.47. The fraction of sp³-hybridized carbons (Fsp3) is 0.136. The number of urea groups is 1. The van der Waals surface area contributed by atoms with Crippen LogP contribution in [0, 0.1) is 0 Å². The van der Waals surface area contributed by atoms with Crippen molar-refractivity contribution < 1.29 is 19.1 Å². The number of benzene rings is 2. The molecule has 0 spiro atoms. The van der Waals surface area contributed by atoms with Crippen molar-refractivity contribution in [3.8, 4) is 17.2 Å². The topological polar surface area (TPSA) is 102 Å². The number of fused-ring (bicyclic) bond motifs is 1. The Hall–Kier alpha value is -4.07. The summed E-state index contributed by atoms with van der Waals surface area (Å²) in [6, 6.07) is 15.4. The van der Waals surface area contributed by atoms with Crippen LogP contribution in [0.5, 0.6) is 17.2 Å². The molecular weight excluding hydrogens is 384 g/mol. The van der Waals surface area contributed by atoms with E-state index in [9.17, 15) is 9.59 Å². The minimum atomic E-state index is -0.364. The quantitative estimate of drug-likeness (QED) is 0.600. The first-order valence-corrected chi connectivity index (χ1v) is 9.40. The molecular formula is C22H20N4O4. The van der Waals surface area contributed by atoms with E-state index in [0.29, 0.717) is 29.5 Å². The summed E-state index contributed by atoms with van der Waals surface area (Å²) in [5.74, 6) is 1.54. The number of hydrogen-bond donors (Lipinski definition) is 3. The Balaban J connectivity index is 1.41. The molecule has 0 radical (unpaired) electrons. The van der Waals surface area contributed by atoms with Gasteiger partial charge in [-0.25, -0.2) is 4.79 Å². The monoisotopic (exact) mass is 404 g/mol. The van der Waals surface area contributed by atoms with E-state index in [4.69, 9.17) is 9.47 Å². The third kappa shape index (κ3) is 4.49. The minimum absolute atomic E-state index is 0.253. The molecule has 2 aromatic carbocycles. The van der Waals surface area contributed by atoms with Crippen LogP contribution in [0.4, 0.5) is 16.2 Å². The van der Waals surface area contributed by atoms with Gasteiger partial charge in [0.2, 0.25) is 0 Å². The maximum absolute atomic E-state index is 12.4. The summed E-state index contributed by atoms with van der Waals surface area (Å²) in [6.45, 7) is 0.667. The predicted molar refractivity (Wildman–Crippen MR) is 112 cm³/mol. The van der Waals surface area contributed by atoms with Crippen LogP contribution in [0.3, 0.4) is 0 Å². The Bertz CT molecular complexity index is 1100. The number of nitrogens with one attached hydrogen (secondary N) is 3. The van der Waals surface area contributed by atoms with Gasteiger partial charge in [-0.2, -0.15) is 0 Å². The molecule has 8 heteroatoms. The molecule has 2 heterocycles. The normalized spacial score (nSPS) is 11.8. The number of pyridine rings is 1. The Kier molecular flexibility index (Phi) is 5.47. The second-order valence-corrected chi connectivity index (χ2v) is 6.59. The summed E-state index contributed by atoms with van der Waals surface area (Å²) in [5.41, 5.74) is 2.60. The maximum atomic E-state index is 12.4. The van der Waals surface area contributed by atoms with Crippen molar-refractivity contribution in [1.82, 2.24) is 10.3 Å². The van der Waals surface area contributed by atoms with E-state index < -0.39 is 0 Å². The van der Waals surface area contributed by atoms with Crippen LogP contribution in [-0.4, -0.2) is 30.6 Å². The van der Waals surface area contributed by atoms with Crippen LogP contribution in [-0.2, 0) is 6.42 Å². The Morgan fingerprint density at radius 1 is 1.00 bits per heavy atom. The van der Waals surface area contributed by atoms with Gasteiger partial charge < -0.3 is 25.4 Å². The zero-order chi connectivity index (χ0) is 20.9. The number of anilines is 2. The summed E-state index contributed by atoms with van der Waals surface area (Å²) in [7, 11) is 1.54. The lowest BCUT2D eigenvalue weighted by molar-refractivity contribution is 0.0958. The van der Waals surface area contributed by atoms with Crippen molar-refractivity contribution in [2.24, 2.45) is 0 Å². The van der Waals surface area contributed by atoms with Crippen molar-refractivity contribution in [2.45, 2.75) is 6.42 Å². The number of ether oxygens (including phenoxy) is 2. The van der Waals surface area contributed by atoms with Crippen LogP contribution in [0.25, 0.3) is 0 Å². The maximum Gasteiger partial charge on any atom is 0.323 e. The molecule has 4 rings (SSSR count). The fourth-order valence-electron chi connectivity index (χ4n) is 3.06. The van der Waals surface area contributed by atoms with Gasteiger partial charge in [0.1, 0.15) is 22.9 Å². The molecule has 1 aromatic heterocycles. The second kappa shape index (κ2) is 8.52. The van der Waals surface area contributed by atoms with Crippen molar-refractivity contribution >= 4 is 23.3 Å². The van der Waals surface area contributed by atoms with E-state index in [1.54, 1.807) is 42.5 Å². The van der Waals surface area contributed by atoms with Gasteiger partial charge in [-0.1, -0.05) is 6.07 Å². The summed E-state index contributed by atoms with van der Waals surface area (Å²) in [5, 5.41) is 8.12. The average molecular weight is 404 g/mol. The van der Waals surface area contributed by atoms with Gasteiger partial charge in [0.25, 0.3) is 5.91 Å². The van der Waals surface area contributed by atoms with Crippen LogP contribution in [0.2, 0.25) is 0 Å². The number of amides is 3. The number of carbonyl (C=O) groups is 2. The molecule has 1 aliphatic heterocycles. The van der Waals surface area contributed by atoms with Crippen molar-refractivity contribution in [3.63, 3.8) is 0 Å². The Labute approximate surface area is 173 Å². The van der Waals surface area contributed by atoms with E-state index >= 15 is 0 Å². The number of nitrogens with zero attached hydrogens (tertiary/aromatic N) is 1. The van der Waals surface area contributed by atoms with Gasteiger partial charge in [-0.15, -0.1) is 0 Å². The summed E-state index contributed by atoms with van der Waals surface area (Å²) in [6.07, 6.45) is 2.33. The molecule has 0 unspecified atom stereocenters. The highest BCUT2D eigenvalue weighted by molar-refractivity contribution is 6.00. The standard InChI is InChI=1S/C22H20N4O4/c1-23-21(27)19-13-18(7-9-24-19)30-17-4-2-3-15(12-17)25-22(28)26-16-5-6-20-14(11-16)8-10-29-20/h2-7,9,11-13H,8,10H2,1H3,(H,23,27)(H2,25,26,28). The van der Waals surface area contributed by atoms with Gasteiger partial charge in [-0.05, 0) is 42.0 Å². The van der Waals surface area contributed by atoms with E-state index in [0.717, 1.165) is 17.7 Å². The van der Waals surface area contributed by atoms with Crippen LogP contribution < -0.4 is 25.4 Å². The molecule has 0 atom stereocenters. The van der Waals surface area contributed by atoms with Crippen molar-refractivity contribution in [1.29, 1.82) is 0 Å². The molecule has 3 N–H and O–H groups in total. The lowest BCUT2D eigenvalue weighted by atomic mass is 10.1. The first-order valence-electron chi connectivity index (χ1n) is 9.40. The summed E-state index contributed by atoms with van der Waals surface area (Å²) in [4.78, 5) is 28.1. The number of carbonyl (C=O) groups excluding carboxylic acids is 2. The minimum Gasteiger partial charge on any atom is -0.493 e. The molecule has 0 bridgehead atoms. The highest BCUT2D eigenvalue weighted by Gasteiger charge is 2.13. The molecule has 1 aliphatic rings. The zero-order valence-corrected chi connectivity index (χ0v) is 16.3.